The second kappa shape index (κ2) is 15.3. The molecule has 0 amide bonds. The predicted octanol–water partition coefficient (Wildman–Crippen LogP) is 7.64. The van der Waals surface area contributed by atoms with Crippen LogP contribution in [0.3, 0.4) is 0 Å². The van der Waals surface area contributed by atoms with E-state index in [0.29, 0.717) is 12.2 Å². The molecule has 2 heterocycles. The van der Waals surface area contributed by atoms with Crippen LogP contribution in [-0.2, 0) is 38.7 Å². The Balaban J connectivity index is 0.000000269. The Kier molecular flexibility index (Phi) is 13.6. The molecule has 2 aliphatic heterocycles. The van der Waals surface area contributed by atoms with Gasteiger partial charge in [-0.05, 0) is 81.1 Å². The topological polar surface area (TPSA) is 68.3 Å². The first-order chi connectivity index (χ1) is 18.6. The molecule has 0 aromatic carbocycles. The van der Waals surface area contributed by atoms with Gasteiger partial charge in [-0.3, -0.25) is 21.4 Å². The molecule has 237 valence electrons. The Morgan fingerprint density at radius 3 is 1.35 bits per heavy atom. The van der Waals surface area contributed by atoms with Gasteiger partial charge >= 0.3 is 19.5 Å². The Morgan fingerprint density at radius 1 is 0.650 bits per heavy atom. The summed E-state index contributed by atoms with van der Waals surface area (Å²) >= 11 is 2.31. The van der Waals surface area contributed by atoms with Crippen LogP contribution in [-0.4, -0.2) is 56.6 Å². The Labute approximate surface area is 253 Å². The van der Waals surface area contributed by atoms with Crippen molar-refractivity contribution < 1.29 is 38.7 Å². The molecule has 0 spiro atoms. The van der Waals surface area contributed by atoms with Crippen molar-refractivity contribution in [3.05, 3.63) is 13.3 Å². The van der Waals surface area contributed by atoms with Crippen molar-refractivity contribution >= 4 is 5.97 Å². The van der Waals surface area contributed by atoms with Crippen LogP contribution >= 0.6 is 0 Å². The van der Waals surface area contributed by atoms with Crippen molar-refractivity contribution in [1.82, 2.24) is 10.1 Å². The van der Waals surface area contributed by atoms with E-state index in [1.165, 1.54) is 51.4 Å². The first-order valence-electron chi connectivity index (χ1n) is 15.5. The van der Waals surface area contributed by atoms with Crippen molar-refractivity contribution in [3.8, 4) is 0 Å². The monoisotopic (exact) mass is 609 g/mol. The molecule has 4 fully saturated rings. The zero-order chi connectivity index (χ0) is 30.2. The molecule has 8 heteroatoms. The zero-order valence-electron chi connectivity index (χ0n) is 26.7. The SMILES string of the molecule is CC1(C)C[CH-]CC(C)(C)N1OC1CCCCC1.[CH2-]C(=O)OC1CC(C)(C)N(OC2CCCCC2)C(C)(C)C1.[O]=[Co]. The first kappa shape index (κ1) is 35.7. The van der Waals surface area contributed by atoms with Gasteiger partial charge in [0.15, 0.2) is 5.97 Å². The second-order valence-corrected chi connectivity index (χ2v) is 14.8. The average molecular weight is 610 g/mol. The predicted molar refractivity (Wildman–Crippen MR) is 155 cm³/mol. The number of piperidine rings is 2. The molecular weight excluding hydrogens is 551 g/mol. The van der Waals surface area contributed by atoms with Crippen LogP contribution in [0.4, 0.5) is 0 Å². The van der Waals surface area contributed by atoms with Crippen LogP contribution in [0.25, 0.3) is 0 Å². The van der Waals surface area contributed by atoms with E-state index in [2.05, 4.69) is 94.5 Å². The quantitative estimate of drug-likeness (QED) is 0.234. The van der Waals surface area contributed by atoms with E-state index in [0.717, 1.165) is 38.5 Å². The van der Waals surface area contributed by atoms with Gasteiger partial charge in [-0.2, -0.15) is 23.0 Å². The van der Waals surface area contributed by atoms with Crippen LogP contribution in [0, 0.1) is 13.3 Å². The number of hydrogen-bond donors (Lipinski definition) is 0. The molecule has 2 saturated carbocycles. The molecule has 0 radical (unpaired) electrons. The molecule has 7 nitrogen and oxygen atoms in total. The van der Waals surface area contributed by atoms with Crippen LogP contribution < -0.4 is 0 Å². The summed E-state index contributed by atoms with van der Waals surface area (Å²) in [4.78, 5) is 23.9. The number of carbonyl (C=O) groups is 1. The fraction of sp³-hybridized carbons (Fsp3) is 0.906. The number of hydrogen-bond acceptors (Lipinski definition) is 7. The summed E-state index contributed by atoms with van der Waals surface area (Å²) in [5.41, 5.74) is -0.0307. The molecule has 2 saturated heterocycles. The summed E-state index contributed by atoms with van der Waals surface area (Å²) in [5.74, 6) is -0.437. The van der Waals surface area contributed by atoms with Crippen LogP contribution in [0.2, 0.25) is 0 Å². The molecule has 0 atom stereocenters. The van der Waals surface area contributed by atoms with Crippen molar-refractivity contribution in [3.63, 3.8) is 0 Å². The molecule has 0 aromatic rings. The molecule has 4 rings (SSSR count). The number of rotatable bonds is 5. The molecule has 0 N–H and O–H groups in total. The van der Waals surface area contributed by atoms with Crippen LogP contribution in [0.5, 0.6) is 0 Å². The van der Waals surface area contributed by atoms with Gasteiger partial charge < -0.3 is 11.2 Å². The van der Waals surface area contributed by atoms with E-state index >= 15 is 0 Å². The van der Waals surface area contributed by atoms with Crippen molar-refractivity contribution in [2.45, 2.75) is 186 Å². The maximum atomic E-state index is 11.2. The van der Waals surface area contributed by atoms with E-state index in [-0.39, 0.29) is 28.3 Å². The summed E-state index contributed by atoms with van der Waals surface area (Å²) in [7, 11) is 0. The summed E-state index contributed by atoms with van der Waals surface area (Å²) in [6, 6.07) is 0. The standard InChI is InChI=1S/C17H30NO3.C15H28NO.Co.O/c1-13(19)20-15-11-16(2,3)18(17(4,5)12-15)21-14-9-7-6-8-10-14;1-14(2)11-8-12-15(3,4)16(14)17-13-9-6-5-7-10-13;;/h14-15H,1,6-12H2,2-5H3;8,13H,5-7,9-12H2,1-4H3;;/q2*-1;;. The van der Waals surface area contributed by atoms with Gasteiger partial charge in [0.1, 0.15) is 6.10 Å². The van der Waals surface area contributed by atoms with Gasteiger partial charge in [0.05, 0.1) is 12.2 Å². The van der Waals surface area contributed by atoms with Crippen molar-refractivity contribution in [2.75, 3.05) is 0 Å². The molecule has 0 aromatic heterocycles. The Hall–Kier alpha value is -0.514. The van der Waals surface area contributed by atoms with Crippen molar-refractivity contribution in [1.29, 1.82) is 0 Å². The Bertz CT molecular complexity index is 741. The molecular formula is C32H58CoN2O5-2. The van der Waals surface area contributed by atoms with E-state index < -0.39 is 5.97 Å². The minimum absolute atomic E-state index is 0.0776. The van der Waals surface area contributed by atoms with Crippen molar-refractivity contribution in [2.24, 2.45) is 0 Å². The minimum atomic E-state index is -0.437. The van der Waals surface area contributed by atoms with Crippen LogP contribution in [0.15, 0.2) is 0 Å². The fourth-order valence-corrected chi connectivity index (χ4v) is 7.41. The van der Waals surface area contributed by atoms with E-state index in [1.807, 2.05) is 0 Å². The van der Waals surface area contributed by atoms with Gasteiger partial charge in [0, 0.05) is 35.0 Å². The summed E-state index contributed by atoms with van der Waals surface area (Å²) < 4.78 is 13.3. The van der Waals surface area contributed by atoms with Gasteiger partial charge in [0.2, 0.25) is 0 Å². The molecule has 4 aliphatic rings. The normalized spacial score (nSPS) is 27.4. The van der Waals surface area contributed by atoms with Gasteiger partial charge in [-0.15, -0.1) is 0 Å². The van der Waals surface area contributed by atoms with E-state index in [9.17, 15) is 4.79 Å². The number of ether oxygens (including phenoxy) is 1. The maximum absolute atomic E-state index is 11.2. The third kappa shape index (κ3) is 10.3. The second-order valence-electron chi connectivity index (χ2n) is 14.8. The molecule has 0 unspecified atom stereocenters. The summed E-state index contributed by atoms with van der Waals surface area (Å²) in [6.45, 7) is 21.2. The van der Waals surface area contributed by atoms with E-state index in [1.54, 1.807) is 0 Å². The van der Waals surface area contributed by atoms with Gasteiger partial charge in [-0.25, -0.2) is 0 Å². The average Bonchev–Trinajstić information content (AvgIpc) is 2.86. The third-order valence-corrected chi connectivity index (χ3v) is 8.85. The zero-order valence-corrected chi connectivity index (χ0v) is 27.7. The molecule has 40 heavy (non-hydrogen) atoms. The summed E-state index contributed by atoms with van der Waals surface area (Å²) in [5, 5.41) is 4.47. The Morgan fingerprint density at radius 2 is 1.00 bits per heavy atom. The van der Waals surface area contributed by atoms with Gasteiger partial charge in [0.25, 0.3) is 0 Å². The third-order valence-electron chi connectivity index (χ3n) is 8.85. The fourth-order valence-electron chi connectivity index (χ4n) is 7.41. The number of carbonyl (C=O) groups excluding carboxylic acids is 1. The number of esters is 1. The number of nitrogens with zero attached hydrogens (tertiary/aromatic N) is 2. The first-order valence-corrected chi connectivity index (χ1v) is 16.0. The summed E-state index contributed by atoms with van der Waals surface area (Å²) in [6.07, 6.45) is 19.7. The van der Waals surface area contributed by atoms with Gasteiger partial charge in [-0.1, -0.05) is 38.5 Å². The van der Waals surface area contributed by atoms with Crippen LogP contribution in [0.1, 0.15) is 145 Å². The number of hydroxylamine groups is 4. The molecule has 0 bridgehead atoms. The van der Waals surface area contributed by atoms with E-state index in [4.69, 9.17) is 18.3 Å². The molecule has 2 aliphatic carbocycles.